The van der Waals surface area contributed by atoms with E-state index in [0.29, 0.717) is 12.5 Å². The van der Waals surface area contributed by atoms with Crippen LogP contribution in [-0.2, 0) is 9.53 Å². The van der Waals surface area contributed by atoms with Crippen LogP contribution in [0.2, 0.25) is 0 Å². The maximum Gasteiger partial charge on any atom is 0.240 e. The Bertz CT molecular complexity index is 270. The first-order chi connectivity index (χ1) is 8.22. The van der Waals surface area contributed by atoms with Gasteiger partial charge in [0.2, 0.25) is 5.91 Å². The third kappa shape index (κ3) is 2.99. The molecule has 98 valence electrons. The zero-order valence-corrected chi connectivity index (χ0v) is 10.9. The van der Waals surface area contributed by atoms with E-state index in [4.69, 9.17) is 4.74 Å². The maximum absolute atomic E-state index is 12.4. The van der Waals surface area contributed by atoms with Gasteiger partial charge in [0.15, 0.2) is 0 Å². The van der Waals surface area contributed by atoms with Crippen LogP contribution in [0.3, 0.4) is 0 Å². The van der Waals surface area contributed by atoms with E-state index in [9.17, 15) is 4.79 Å². The van der Waals surface area contributed by atoms with E-state index in [1.54, 1.807) is 0 Å². The molecule has 1 N–H and O–H groups in total. The molecule has 0 spiro atoms. The van der Waals surface area contributed by atoms with E-state index in [1.165, 1.54) is 6.42 Å². The predicted molar refractivity (Wildman–Crippen MR) is 66.8 cm³/mol. The quantitative estimate of drug-likeness (QED) is 0.783. The number of nitrogens with zero attached hydrogens (tertiary/aromatic N) is 1. The number of rotatable bonds is 2. The number of carbonyl (C=O) groups excluding carboxylic acids is 1. The highest BCUT2D eigenvalue weighted by atomic mass is 16.5. The Morgan fingerprint density at radius 1 is 1.53 bits per heavy atom. The van der Waals surface area contributed by atoms with Gasteiger partial charge in [0.1, 0.15) is 0 Å². The van der Waals surface area contributed by atoms with Crippen molar-refractivity contribution in [3.05, 3.63) is 0 Å². The molecule has 3 atom stereocenters. The van der Waals surface area contributed by atoms with Gasteiger partial charge in [-0.3, -0.25) is 4.79 Å². The summed E-state index contributed by atoms with van der Waals surface area (Å²) in [6.45, 7) is 7.46. The van der Waals surface area contributed by atoms with Crippen LogP contribution >= 0.6 is 0 Å². The summed E-state index contributed by atoms with van der Waals surface area (Å²) >= 11 is 0. The molecular weight excluding hydrogens is 216 g/mol. The summed E-state index contributed by atoms with van der Waals surface area (Å²) in [5.74, 6) is 0.734. The van der Waals surface area contributed by atoms with Crippen molar-refractivity contribution in [3.8, 4) is 0 Å². The van der Waals surface area contributed by atoms with Gasteiger partial charge in [0.25, 0.3) is 0 Å². The van der Waals surface area contributed by atoms with Gasteiger partial charge in [-0.05, 0) is 31.7 Å². The highest BCUT2D eigenvalue weighted by Crippen LogP contribution is 2.19. The highest BCUT2D eigenvalue weighted by molar-refractivity contribution is 5.82. The molecule has 4 nitrogen and oxygen atoms in total. The smallest absolute Gasteiger partial charge is 0.240 e. The number of hydrogen-bond acceptors (Lipinski definition) is 3. The zero-order valence-electron chi connectivity index (χ0n) is 10.9. The molecule has 0 radical (unpaired) electrons. The van der Waals surface area contributed by atoms with Gasteiger partial charge in [-0.25, -0.2) is 0 Å². The van der Waals surface area contributed by atoms with E-state index in [0.717, 1.165) is 32.5 Å². The second-order valence-corrected chi connectivity index (χ2v) is 5.24. The molecule has 0 bridgehead atoms. The molecule has 0 aromatic heterocycles. The summed E-state index contributed by atoms with van der Waals surface area (Å²) in [7, 11) is 0. The summed E-state index contributed by atoms with van der Waals surface area (Å²) in [6, 6.07) is 0.0272. The molecule has 0 aliphatic carbocycles. The van der Waals surface area contributed by atoms with Crippen molar-refractivity contribution in [2.24, 2.45) is 5.92 Å². The third-order valence-corrected chi connectivity index (χ3v) is 3.94. The number of carbonyl (C=O) groups is 1. The largest absolute Gasteiger partial charge is 0.375 e. The topological polar surface area (TPSA) is 41.6 Å². The summed E-state index contributed by atoms with van der Waals surface area (Å²) in [5, 5.41) is 3.37. The van der Waals surface area contributed by atoms with Gasteiger partial charge in [0, 0.05) is 13.1 Å². The second-order valence-electron chi connectivity index (χ2n) is 5.24. The van der Waals surface area contributed by atoms with Crippen molar-refractivity contribution >= 4 is 5.91 Å². The van der Waals surface area contributed by atoms with Crippen LogP contribution in [0.15, 0.2) is 0 Å². The lowest BCUT2D eigenvalue weighted by atomic mass is 9.91. The number of morpholine rings is 1. The minimum absolute atomic E-state index is 0.0272. The number of amides is 1. The van der Waals surface area contributed by atoms with E-state index in [2.05, 4.69) is 19.2 Å². The van der Waals surface area contributed by atoms with Crippen molar-refractivity contribution < 1.29 is 9.53 Å². The summed E-state index contributed by atoms with van der Waals surface area (Å²) in [4.78, 5) is 14.4. The van der Waals surface area contributed by atoms with Gasteiger partial charge >= 0.3 is 0 Å². The molecular formula is C13H24N2O2. The van der Waals surface area contributed by atoms with E-state index < -0.39 is 0 Å². The fourth-order valence-corrected chi connectivity index (χ4v) is 2.74. The van der Waals surface area contributed by atoms with Crippen molar-refractivity contribution in [2.75, 3.05) is 26.2 Å². The molecule has 2 fully saturated rings. The minimum Gasteiger partial charge on any atom is -0.375 e. The molecule has 4 heteroatoms. The highest BCUT2D eigenvalue weighted by Gasteiger charge is 2.33. The molecule has 2 aliphatic heterocycles. The van der Waals surface area contributed by atoms with Gasteiger partial charge in [-0.2, -0.15) is 0 Å². The van der Waals surface area contributed by atoms with Gasteiger partial charge < -0.3 is 15.0 Å². The fraction of sp³-hybridized carbons (Fsp3) is 0.923. The monoisotopic (exact) mass is 240 g/mol. The Balaban J connectivity index is 1.93. The molecule has 3 unspecified atom stereocenters. The molecule has 2 heterocycles. The summed E-state index contributed by atoms with van der Waals surface area (Å²) in [5.41, 5.74) is 0. The van der Waals surface area contributed by atoms with Gasteiger partial charge in [-0.1, -0.05) is 13.8 Å². The average Bonchev–Trinajstić information content (AvgIpc) is 2.38. The lowest BCUT2D eigenvalue weighted by Crippen LogP contribution is -2.56. The SMILES string of the molecule is CCC1CN(C(=O)C2NCCCC2C)CCO1. The molecule has 2 saturated heterocycles. The Morgan fingerprint density at radius 3 is 3.06 bits per heavy atom. The lowest BCUT2D eigenvalue weighted by molar-refractivity contribution is -0.142. The predicted octanol–water partition coefficient (Wildman–Crippen LogP) is 1.01. The lowest BCUT2D eigenvalue weighted by Gasteiger charge is -2.37. The van der Waals surface area contributed by atoms with Crippen LogP contribution in [0.25, 0.3) is 0 Å². The van der Waals surface area contributed by atoms with Crippen LogP contribution in [-0.4, -0.2) is 49.2 Å². The standard InChI is InChI=1S/C13H24N2O2/c1-3-11-9-15(7-8-17-11)13(16)12-10(2)5-4-6-14-12/h10-12,14H,3-9H2,1-2H3. The molecule has 1 amide bonds. The van der Waals surface area contributed by atoms with Crippen molar-refractivity contribution in [3.63, 3.8) is 0 Å². The number of hydrogen-bond donors (Lipinski definition) is 1. The number of nitrogens with one attached hydrogen (secondary N) is 1. The third-order valence-electron chi connectivity index (χ3n) is 3.94. The molecule has 2 rings (SSSR count). The summed E-state index contributed by atoms with van der Waals surface area (Å²) < 4.78 is 5.61. The Hall–Kier alpha value is -0.610. The first-order valence-corrected chi connectivity index (χ1v) is 6.86. The second kappa shape index (κ2) is 5.83. The van der Waals surface area contributed by atoms with E-state index in [1.807, 2.05) is 4.90 Å². The molecule has 17 heavy (non-hydrogen) atoms. The Morgan fingerprint density at radius 2 is 2.35 bits per heavy atom. The fourth-order valence-electron chi connectivity index (χ4n) is 2.74. The van der Waals surface area contributed by atoms with Crippen molar-refractivity contribution in [1.82, 2.24) is 10.2 Å². The molecule has 0 saturated carbocycles. The van der Waals surface area contributed by atoms with Gasteiger partial charge in [-0.15, -0.1) is 0 Å². The van der Waals surface area contributed by atoms with Crippen LogP contribution in [0.4, 0.5) is 0 Å². The van der Waals surface area contributed by atoms with E-state index in [-0.39, 0.29) is 18.1 Å². The number of piperidine rings is 1. The zero-order chi connectivity index (χ0) is 12.3. The van der Waals surface area contributed by atoms with Crippen LogP contribution in [0.5, 0.6) is 0 Å². The first-order valence-electron chi connectivity index (χ1n) is 6.86. The molecule has 2 aliphatic rings. The number of ether oxygens (including phenoxy) is 1. The Kier molecular flexibility index (Phi) is 4.40. The summed E-state index contributed by atoms with van der Waals surface area (Å²) in [6.07, 6.45) is 3.56. The maximum atomic E-state index is 12.4. The van der Waals surface area contributed by atoms with Gasteiger partial charge in [0.05, 0.1) is 18.8 Å². The normalized spacial score (nSPS) is 34.7. The van der Waals surface area contributed by atoms with E-state index >= 15 is 0 Å². The molecule has 0 aromatic rings. The van der Waals surface area contributed by atoms with Crippen LogP contribution in [0.1, 0.15) is 33.1 Å². The van der Waals surface area contributed by atoms with Crippen molar-refractivity contribution in [2.45, 2.75) is 45.3 Å². The molecule has 0 aromatic carbocycles. The minimum atomic E-state index is 0.0272. The Labute approximate surface area is 104 Å². The average molecular weight is 240 g/mol. The first kappa shape index (κ1) is 12.8. The van der Waals surface area contributed by atoms with Crippen LogP contribution < -0.4 is 5.32 Å². The van der Waals surface area contributed by atoms with Crippen LogP contribution in [0, 0.1) is 5.92 Å². The van der Waals surface area contributed by atoms with Crippen molar-refractivity contribution in [1.29, 1.82) is 0 Å².